The highest BCUT2D eigenvalue weighted by Crippen LogP contribution is 2.20. The molecule has 1 aromatic rings. The Morgan fingerprint density at radius 1 is 1.69 bits per heavy atom. The SMILES string of the molecule is Cc1nc(NOCC(=O)O)sc1C. The van der Waals surface area contributed by atoms with Gasteiger partial charge >= 0.3 is 5.97 Å². The summed E-state index contributed by atoms with van der Waals surface area (Å²) in [6.45, 7) is 3.45. The van der Waals surface area contributed by atoms with Crippen LogP contribution in [0.5, 0.6) is 0 Å². The van der Waals surface area contributed by atoms with Crippen molar-refractivity contribution < 1.29 is 14.7 Å². The minimum absolute atomic E-state index is 0.377. The van der Waals surface area contributed by atoms with Crippen LogP contribution in [0.1, 0.15) is 10.6 Å². The molecule has 1 heterocycles. The molecular formula is C7H10N2O3S. The van der Waals surface area contributed by atoms with Crippen molar-refractivity contribution in [3.8, 4) is 0 Å². The van der Waals surface area contributed by atoms with E-state index in [9.17, 15) is 4.79 Å². The van der Waals surface area contributed by atoms with E-state index in [0.29, 0.717) is 5.13 Å². The predicted molar refractivity (Wildman–Crippen MR) is 48.8 cm³/mol. The van der Waals surface area contributed by atoms with E-state index in [4.69, 9.17) is 5.11 Å². The Bertz CT molecular complexity index is 291. The fourth-order valence-corrected chi connectivity index (χ4v) is 1.44. The maximum Gasteiger partial charge on any atom is 0.332 e. The topological polar surface area (TPSA) is 71.5 Å². The second kappa shape index (κ2) is 4.20. The van der Waals surface area contributed by atoms with Crippen molar-refractivity contribution in [2.45, 2.75) is 13.8 Å². The molecule has 0 aliphatic heterocycles. The summed E-state index contributed by atoms with van der Waals surface area (Å²) >= 11 is 1.43. The van der Waals surface area contributed by atoms with Crippen molar-refractivity contribution in [1.82, 2.24) is 4.98 Å². The molecule has 1 rings (SSSR count). The first-order valence-corrected chi connectivity index (χ1v) is 4.45. The lowest BCUT2D eigenvalue weighted by Crippen LogP contribution is -2.11. The van der Waals surface area contributed by atoms with Gasteiger partial charge in [0.25, 0.3) is 0 Å². The van der Waals surface area contributed by atoms with E-state index < -0.39 is 5.97 Å². The monoisotopic (exact) mass is 202 g/mol. The predicted octanol–water partition coefficient (Wildman–Crippen LogP) is 1.19. The van der Waals surface area contributed by atoms with Gasteiger partial charge in [0.15, 0.2) is 6.61 Å². The number of nitrogens with one attached hydrogen (secondary N) is 1. The van der Waals surface area contributed by atoms with Crippen molar-refractivity contribution in [3.05, 3.63) is 10.6 Å². The Kier molecular flexibility index (Phi) is 3.21. The molecular weight excluding hydrogens is 192 g/mol. The molecule has 1 aromatic heterocycles. The average Bonchev–Trinajstić information content (AvgIpc) is 2.30. The van der Waals surface area contributed by atoms with Crippen LogP contribution in [0, 0.1) is 13.8 Å². The maximum atomic E-state index is 10.1. The summed E-state index contributed by atoms with van der Waals surface area (Å²) < 4.78 is 0. The Hall–Kier alpha value is -1.14. The summed E-state index contributed by atoms with van der Waals surface area (Å²) in [7, 11) is 0. The number of nitrogens with zero attached hydrogens (tertiary/aromatic N) is 1. The molecule has 0 aliphatic rings. The number of hydrogen-bond acceptors (Lipinski definition) is 5. The van der Waals surface area contributed by atoms with Crippen LogP contribution in [-0.2, 0) is 9.63 Å². The third-order valence-corrected chi connectivity index (χ3v) is 2.35. The van der Waals surface area contributed by atoms with Gasteiger partial charge in [-0.15, -0.1) is 11.3 Å². The first-order chi connectivity index (χ1) is 6.09. The van der Waals surface area contributed by atoms with Gasteiger partial charge in [-0.1, -0.05) is 0 Å². The molecule has 6 heteroatoms. The van der Waals surface area contributed by atoms with Gasteiger partial charge in [0.05, 0.1) is 5.69 Å². The van der Waals surface area contributed by atoms with Crippen LogP contribution in [0.4, 0.5) is 5.13 Å². The zero-order chi connectivity index (χ0) is 9.84. The van der Waals surface area contributed by atoms with Crippen LogP contribution >= 0.6 is 11.3 Å². The molecule has 13 heavy (non-hydrogen) atoms. The van der Waals surface area contributed by atoms with Gasteiger partial charge in [0.2, 0.25) is 5.13 Å². The number of anilines is 1. The second-order valence-corrected chi connectivity index (χ2v) is 3.65. The number of aryl methyl sites for hydroxylation is 2. The van der Waals surface area contributed by atoms with Crippen LogP contribution in [0.3, 0.4) is 0 Å². The molecule has 0 saturated heterocycles. The lowest BCUT2D eigenvalue weighted by molar-refractivity contribution is -0.141. The number of carboxylic acids is 1. The summed E-state index contributed by atoms with van der Waals surface area (Å²) in [5.74, 6) is -1.02. The number of thiazole rings is 1. The van der Waals surface area contributed by atoms with Crippen molar-refractivity contribution in [1.29, 1.82) is 0 Å². The van der Waals surface area contributed by atoms with Crippen molar-refractivity contribution in [2.75, 3.05) is 12.1 Å². The van der Waals surface area contributed by atoms with Gasteiger partial charge in [-0.25, -0.2) is 15.3 Å². The molecule has 0 radical (unpaired) electrons. The van der Waals surface area contributed by atoms with Crippen LogP contribution in [0.25, 0.3) is 0 Å². The second-order valence-electron chi connectivity index (χ2n) is 2.45. The van der Waals surface area contributed by atoms with Crippen LogP contribution < -0.4 is 5.48 Å². The number of hydrogen-bond donors (Lipinski definition) is 2. The molecule has 0 fully saturated rings. The Balaban J connectivity index is 2.41. The van der Waals surface area contributed by atoms with E-state index in [1.165, 1.54) is 11.3 Å². The van der Waals surface area contributed by atoms with E-state index in [0.717, 1.165) is 10.6 Å². The standard InChI is InChI=1S/C7H10N2O3S/c1-4-5(2)13-7(8-4)9-12-3-6(10)11/h3H2,1-2H3,(H,8,9)(H,10,11). The van der Waals surface area contributed by atoms with E-state index in [-0.39, 0.29) is 6.61 Å². The van der Waals surface area contributed by atoms with Crippen LogP contribution in [0.2, 0.25) is 0 Å². The number of rotatable bonds is 4. The minimum Gasteiger partial charge on any atom is -0.479 e. The highest BCUT2D eigenvalue weighted by molar-refractivity contribution is 7.15. The van der Waals surface area contributed by atoms with Gasteiger partial charge < -0.3 is 5.11 Å². The minimum atomic E-state index is -1.02. The van der Waals surface area contributed by atoms with Crippen molar-refractivity contribution in [3.63, 3.8) is 0 Å². The molecule has 5 nitrogen and oxygen atoms in total. The molecule has 0 aromatic carbocycles. The van der Waals surface area contributed by atoms with E-state index in [1.54, 1.807) is 0 Å². The van der Waals surface area contributed by atoms with E-state index in [2.05, 4.69) is 15.3 Å². The lowest BCUT2D eigenvalue weighted by Gasteiger charge is -1.98. The van der Waals surface area contributed by atoms with Crippen molar-refractivity contribution in [2.24, 2.45) is 0 Å². The molecule has 0 bridgehead atoms. The maximum absolute atomic E-state index is 10.1. The molecule has 0 aliphatic carbocycles. The summed E-state index contributed by atoms with van der Waals surface area (Å²) in [6.07, 6.45) is 0. The largest absolute Gasteiger partial charge is 0.479 e. The zero-order valence-corrected chi connectivity index (χ0v) is 8.14. The van der Waals surface area contributed by atoms with E-state index in [1.807, 2.05) is 13.8 Å². The van der Waals surface area contributed by atoms with Crippen LogP contribution in [-0.4, -0.2) is 22.7 Å². The molecule has 0 amide bonds. The highest BCUT2D eigenvalue weighted by Gasteiger charge is 2.03. The molecule has 0 atom stereocenters. The number of aromatic nitrogens is 1. The first kappa shape index (κ1) is 9.94. The molecule has 0 unspecified atom stereocenters. The first-order valence-electron chi connectivity index (χ1n) is 3.63. The average molecular weight is 202 g/mol. The van der Waals surface area contributed by atoms with Gasteiger partial charge in [-0.2, -0.15) is 0 Å². The Labute approximate surface area is 79.3 Å². The van der Waals surface area contributed by atoms with Crippen LogP contribution in [0.15, 0.2) is 0 Å². The zero-order valence-electron chi connectivity index (χ0n) is 7.33. The Morgan fingerprint density at radius 2 is 2.38 bits per heavy atom. The van der Waals surface area contributed by atoms with E-state index >= 15 is 0 Å². The third-order valence-electron chi connectivity index (χ3n) is 1.38. The normalized spacial score (nSPS) is 10.0. The van der Waals surface area contributed by atoms with Gasteiger partial charge in [0.1, 0.15) is 0 Å². The highest BCUT2D eigenvalue weighted by atomic mass is 32.1. The smallest absolute Gasteiger partial charge is 0.332 e. The van der Waals surface area contributed by atoms with Gasteiger partial charge in [-0.3, -0.25) is 4.84 Å². The summed E-state index contributed by atoms with van der Waals surface area (Å²) in [6, 6.07) is 0. The Morgan fingerprint density at radius 3 is 2.85 bits per heavy atom. The number of aliphatic carboxylic acids is 1. The van der Waals surface area contributed by atoms with Gasteiger partial charge in [-0.05, 0) is 13.8 Å². The fourth-order valence-electron chi connectivity index (χ4n) is 0.676. The molecule has 0 saturated carbocycles. The fraction of sp³-hybridized carbons (Fsp3) is 0.429. The number of carbonyl (C=O) groups is 1. The molecule has 2 N–H and O–H groups in total. The van der Waals surface area contributed by atoms with Crippen molar-refractivity contribution >= 4 is 22.4 Å². The third kappa shape index (κ3) is 3.00. The quantitative estimate of drug-likeness (QED) is 0.717. The number of carboxylic acid groups (broad SMARTS) is 1. The van der Waals surface area contributed by atoms with Gasteiger partial charge in [0, 0.05) is 4.88 Å². The summed E-state index contributed by atoms with van der Waals surface area (Å²) in [5, 5.41) is 8.85. The lowest BCUT2D eigenvalue weighted by atomic mass is 10.4. The molecule has 72 valence electrons. The summed E-state index contributed by atoms with van der Waals surface area (Å²) in [4.78, 5) is 19.9. The summed E-state index contributed by atoms with van der Waals surface area (Å²) in [5.41, 5.74) is 3.39. The molecule has 0 spiro atoms.